The lowest BCUT2D eigenvalue weighted by molar-refractivity contribution is 0.337. The van der Waals surface area contributed by atoms with Crippen LogP contribution < -0.4 is 5.32 Å². The predicted octanol–water partition coefficient (Wildman–Crippen LogP) is 3.73. The van der Waals surface area contributed by atoms with Crippen LogP contribution in [0.1, 0.15) is 43.6 Å². The highest BCUT2D eigenvalue weighted by molar-refractivity contribution is 7.98. The molecule has 1 heterocycles. The van der Waals surface area contributed by atoms with Crippen LogP contribution in [0.2, 0.25) is 0 Å². The molecule has 0 aliphatic carbocycles. The van der Waals surface area contributed by atoms with Gasteiger partial charge in [-0.3, -0.25) is 0 Å². The average molecular weight is 291 g/mol. The first-order chi connectivity index (χ1) is 9.69. The maximum Gasteiger partial charge on any atom is 0.243 e. The zero-order valence-electron chi connectivity index (χ0n) is 12.2. The monoisotopic (exact) mass is 291 g/mol. The quantitative estimate of drug-likeness (QED) is 0.788. The van der Waals surface area contributed by atoms with E-state index in [1.54, 1.807) is 11.8 Å². The number of thioether (sulfide) groups is 1. The van der Waals surface area contributed by atoms with E-state index >= 15 is 0 Å². The van der Waals surface area contributed by atoms with Crippen LogP contribution in [0.4, 0.5) is 0 Å². The van der Waals surface area contributed by atoms with Crippen LogP contribution >= 0.6 is 11.8 Å². The third kappa shape index (κ3) is 4.35. The lowest BCUT2D eigenvalue weighted by atomic mass is 10.2. The highest BCUT2D eigenvalue weighted by Crippen LogP contribution is 2.22. The molecule has 0 bridgehead atoms. The van der Waals surface area contributed by atoms with Gasteiger partial charge in [-0.15, -0.1) is 11.8 Å². The molecule has 4 nitrogen and oxygen atoms in total. The van der Waals surface area contributed by atoms with E-state index in [1.165, 1.54) is 10.5 Å². The van der Waals surface area contributed by atoms with E-state index in [4.69, 9.17) is 4.52 Å². The Labute approximate surface area is 124 Å². The Morgan fingerprint density at radius 2 is 2.05 bits per heavy atom. The van der Waals surface area contributed by atoms with Gasteiger partial charge in [0.15, 0.2) is 5.82 Å². The summed E-state index contributed by atoms with van der Waals surface area (Å²) in [5.41, 5.74) is 1.27. The number of aryl methyl sites for hydroxylation is 1. The molecule has 2 aromatic rings. The summed E-state index contributed by atoms with van der Waals surface area (Å²) < 4.78 is 5.29. The summed E-state index contributed by atoms with van der Waals surface area (Å²) in [6.45, 7) is 7.22. The Morgan fingerprint density at radius 1 is 1.30 bits per heavy atom. The Bertz CT molecular complexity index is 524. The van der Waals surface area contributed by atoms with Crippen LogP contribution in [0.3, 0.4) is 0 Å². The van der Waals surface area contributed by atoms with Crippen LogP contribution in [-0.4, -0.2) is 16.7 Å². The van der Waals surface area contributed by atoms with Gasteiger partial charge in [0.25, 0.3) is 0 Å². The fourth-order valence-corrected chi connectivity index (χ4v) is 2.47. The second-order valence-corrected chi connectivity index (χ2v) is 5.88. The van der Waals surface area contributed by atoms with Crippen molar-refractivity contribution >= 4 is 11.8 Å². The zero-order valence-corrected chi connectivity index (χ0v) is 13.0. The van der Waals surface area contributed by atoms with Crippen molar-refractivity contribution in [3.8, 4) is 0 Å². The molecule has 1 aromatic carbocycles. The summed E-state index contributed by atoms with van der Waals surface area (Å²) >= 11 is 1.72. The summed E-state index contributed by atoms with van der Waals surface area (Å²) in [6.07, 6.45) is 1.09. The van der Waals surface area contributed by atoms with E-state index in [9.17, 15) is 0 Å². The molecule has 1 unspecified atom stereocenters. The molecule has 0 radical (unpaired) electrons. The van der Waals surface area contributed by atoms with Gasteiger partial charge in [-0.25, -0.2) is 0 Å². The van der Waals surface area contributed by atoms with Gasteiger partial charge < -0.3 is 9.84 Å². The molecule has 5 heteroatoms. The first-order valence-electron chi connectivity index (χ1n) is 6.94. The van der Waals surface area contributed by atoms with Crippen LogP contribution in [-0.2, 0) is 5.75 Å². The molecule has 20 heavy (non-hydrogen) atoms. The summed E-state index contributed by atoms with van der Waals surface area (Å²) in [7, 11) is 0. The van der Waals surface area contributed by atoms with Gasteiger partial charge in [0.05, 0.1) is 11.8 Å². The molecule has 0 amide bonds. The number of aromatic nitrogens is 2. The standard InChI is InChI=1S/C15H21N3OS/c1-4-9-16-12(3)15-17-14(18-19-15)10-20-13-7-5-11(2)6-8-13/h5-8,12,16H,4,9-10H2,1-3H3. The lowest BCUT2D eigenvalue weighted by Crippen LogP contribution is -2.19. The van der Waals surface area contributed by atoms with Gasteiger partial charge >= 0.3 is 0 Å². The Balaban J connectivity index is 1.87. The number of nitrogens with one attached hydrogen (secondary N) is 1. The fourth-order valence-electron chi connectivity index (χ4n) is 1.73. The Kier molecular flexibility index (Phi) is 5.61. The topological polar surface area (TPSA) is 51.0 Å². The van der Waals surface area contributed by atoms with E-state index < -0.39 is 0 Å². The molecular weight excluding hydrogens is 270 g/mol. The number of rotatable bonds is 7. The molecule has 0 aliphatic rings. The van der Waals surface area contributed by atoms with Gasteiger partial charge in [-0.1, -0.05) is 29.8 Å². The van der Waals surface area contributed by atoms with Crippen molar-refractivity contribution in [1.82, 2.24) is 15.5 Å². The zero-order chi connectivity index (χ0) is 14.4. The highest BCUT2D eigenvalue weighted by atomic mass is 32.2. The molecule has 0 fully saturated rings. The summed E-state index contributed by atoms with van der Waals surface area (Å²) in [6, 6.07) is 8.57. The van der Waals surface area contributed by atoms with Crippen molar-refractivity contribution in [1.29, 1.82) is 0 Å². The van der Waals surface area contributed by atoms with Gasteiger partial charge in [0.1, 0.15) is 0 Å². The van der Waals surface area contributed by atoms with E-state index in [1.807, 2.05) is 6.92 Å². The predicted molar refractivity (Wildman–Crippen MR) is 81.7 cm³/mol. The summed E-state index contributed by atoms with van der Waals surface area (Å²) in [5, 5.41) is 7.37. The molecule has 1 atom stereocenters. The minimum atomic E-state index is 0.112. The van der Waals surface area contributed by atoms with Crippen LogP contribution in [0.15, 0.2) is 33.7 Å². The number of hydrogen-bond acceptors (Lipinski definition) is 5. The van der Waals surface area contributed by atoms with E-state index in [-0.39, 0.29) is 6.04 Å². The molecule has 2 rings (SSSR count). The maximum atomic E-state index is 5.29. The van der Waals surface area contributed by atoms with Gasteiger partial charge in [0.2, 0.25) is 5.89 Å². The molecule has 0 saturated carbocycles. The van der Waals surface area contributed by atoms with E-state index in [2.05, 4.69) is 53.6 Å². The second-order valence-electron chi connectivity index (χ2n) is 4.83. The molecule has 0 saturated heterocycles. The van der Waals surface area contributed by atoms with E-state index in [0.717, 1.165) is 24.5 Å². The molecule has 1 N–H and O–H groups in total. The smallest absolute Gasteiger partial charge is 0.243 e. The van der Waals surface area contributed by atoms with Crippen molar-refractivity contribution in [2.45, 2.75) is 43.9 Å². The number of benzene rings is 1. The molecule has 1 aromatic heterocycles. The van der Waals surface area contributed by atoms with E-state index in [0.29, 0.717) is 5.89 Å². The highest BCUT2D eigenvalue weighted by Gasteiger charge is 2.13. The minimum absolute atomic E-state index is 0.112. The van der Waals surface area contributed by atoms with Crippen molar-refractivity contribution in [2.24, 2.45) is 0 Å². The number of hydrogen-bond donors (Lipinski definition) is 1. The second kappa shape index (κ2) is 7.45. The lowest BCUT2D eigenvalue weighted by Gasteiger charge is -2.06. The summed E-state index contributed by atoms with van der Waals surface area (Å²) in [4.78, 5) is 5.66. The molecule has 0 aliphatic heterocycles. The first kappa shape index (κ1) is 15.1. The van der Waals surface area contributed by atoms with Gasteiger partial charge in [-0.2, -0.15) is 4.98 Å². The first-order valence-corrected chi connectivity index (χ1v) is 7.93. The largest absolute Gasteiger partial charge is 0.338 e. The van der Waals surface area contributed by atoms with Crippen LogP contribution in [0, 0.1) is 6.92 Å². The SMILES string of the molecule is CCCNC(C)c1nc(CSc2ccc(C)cc2)no1. The molecule has 108 valence electrons. The van der Waals surface area contributed by atoms with Crippen molar-refractivity contribution in [3.63, 3.8) is 0 Å². The number of nitrogens with zero attached hydrogens (tertiary/aromatic N) is 2. The molecule has 0 spiro atoms. The fraction of sp³-hybridized carbons (Fsp3) is 0.467. The van der Waals surface area contributed by atoms with Gasteiger partial charge in [-0.05, 0) is 38.9 Å². The van der Waals surface area contributed by atoms with Gasteiger partial charge in [0, 0.05) is 4.90 Å². The average Bonchev–Trinajstić information content (AvgIpc) is 2.93. The summed E-state index contributed by atoms with van der Waals surface area (Å²) in [5.74, 6) is 2.14. The third-order valence-electron chi connectivity index (χ3n) is 2.94. The van der Waals surface area contributed by atoms with Crippen molar-refractivity contribution in [3.05, 3.63) is 41.5 Å². The third-order valence-corrected chi connectivity index (χ3v) is 3.95. The van der Waals surface area contributed by atoms with Crippen molar-refractivity contribution < 1.29 is 4.52 Å². The van der Waals surface area contributed by atoms with Crippen LogP contribution in [0.5, 0.6) is 0 Å². The Hall–Kier alpha value is -1.33. The molecular formula is C15H21N3OS. The van der Waals surface area contributed by atoms with Crippen LogP contribution in [0.25, 0.3) is 0 Å². The maximum absolute atomic E-state index is 5.29. The van der Waals surface area contributed by atoms with Crippen molar-refractivity contribution in [2.75, 3.05) is 6.54 Å². The minimum Gasteiger partial charge on any atom is -0.338 e. The Morgan fingerprint density at radius 3 is 2.75 bits per heavy atom. The normalized spacial score (nSPS) is 12.6.